The van der Waals surface area contributed by atoms with Gasteiger partial charge in [-0.05, 0) is 19.3 Å². The van der Waals surface area contributed by atoms with Crippen LogP contribution >= 0.6 is 23.2 Å². The fourth-order valence-corrected chi connectivity index (χ4v) is 3.24. The van der Waals surface area contributed by atoms with Crippen molar-refractivity contribution >= 4 is 46.0 Å². The highest BCUT2D eigenvalue weighted by molar-refractivity contribution is 6.42. The topological polar surface area (TPSA) is 133 Å². The number of hydrogen-bond acceptors (Lipinski definition) is 7. The van der Waals surface area contributed by atoms with E-state index in [2.05, 4.69) is 0 Å². The molecule has 0 unspecified atom stereocenters. The van der Waals surface area contributed by atoms with Gasteiger partial charge in [0.1, 0.15) is 0 Å². The standard InChI is InChI=1S/C11H10Cl2N4O6/c12-6-8(15(18)19)7(13)10(17(22)23)11(9(6)16(20)21)14-4-2-1-3-5-14/h1-5H2. The van der Waals surface area contributed by atoms with Crippen LogP contribution in [0.1, 0.15) is 19.3 Å². The molecule has 1 aliphatic rings. The van der Waals surface area contributed by atoms with Crippen molar-refractivity contribution < 1.29 is 14.8 Å². The lowest BCUT2D eigenvalue weighted by Crippen LogP contribution is -2.31. The van der Waals surface area contributed by atoms with Crippen LogP contribution < -0.4 is 4.90 Å². The molecule has 1 heterocycles. The lowest BCUT2D eigenvalue weighted by atomic mass is 10.1. The van der Waals surface area contributed by atoms with E-state index in [1.165, 1.54) is 4.90 Å². The van der Waals surface area contributed by atoms with E-state index >= 15 is 0 Å². The number of nitrogens with zero attached hydrogens (tertiary/aromatic N) is 4. The number of nitro benzene ring substituents is 3. The summed E-state index contributed by atoms with van der Waals surface area (Å²) in [7, 11) is 0. The van der Waals surface area contributed by atoms with Crippen molar-refractivity contribution in [2.75, 3.05) is 18.0 Å². The number of rotatable bonds is 4. The molecular formula is C11H10Cl2N4O6. The average molecular weight is 365 g/mol. The molecule has 1 aromatic carbocycles. The van der Waals surface area contributed by atoms with Gasteiger partial charge in [0.15, 0.2) is 5.69 Å². The van der Waals surface area contributed by atoms with Gasteiger partial charge in [-0.2, -0.15) is 0 Å². The van der Waals surface area contributed by atoms with E-state index in [0.29, 0.717) is 25.9 Å². The van der Waals surface area contributed by atoms with Gasteiger partial charge in [-0.25, -0.2) is 0 Å². The van der Waals surface area contributed by atoms with Crippen LogP contribution in [0.25, 0.3) is 0 Å². The highest BCUT2D eigenvalue weighted by atomic mass is 35.5. The van der Waals surface area contributed by atoms with Gasteiger partial charge in [0, 0.05) is 13.1 Å². The lowest BCUT2D eigenvalue weighted by molar-refractivity contribution is -0.401. The Morgan fingerprint density at radius 3 is 1.48 bits per heavy atom. The maximum Gasteiger partial charge on any atom is 0.325 e. The van der Waals surface area contributed by atoms with Gasteiger partial charge >= 0.3 is 17.1 Å². The molecule has 0 amide bonds. The molecule has 12 heteroatoms. The Labute approximate surface area is 139 Å². The second-order valence-corrected chi connectivity index (χ2v) is 5.60. The van der Waals surface area contributed by atoms with Crippen LogP contribution in [0.4, 0.5) is 22.7 Å². The Morgan fingerprint density at radius 1 is 0.739 bits per heavy atom. The summed E-state index contributed by atoms with van der Waals surface area (Å²) >= 11 is 11.6. The fourth-order valence-electron chi connectivity index (χ4n) is 2.55. The van der Waals surface area contributed by atoms with E-state index in [0.717, 1.165) is 6.42 Å². The Bertz CT molecular complexity index is 663. The smallest absolute Gasteiger partial charge is 0.325 e. The van der Waals surface area contributed by atoms with E-state index in [1.54, 1.807) is 0 Å². The Balaban J connectivity index is 2.88. The Morgan fingerprint density at radius 2 is 1.13 bits per heavy atom. The van der Waals surface area contributed by atoms with Crippen LogP contribution in [-0.2, 0) is 0 Å². The van der Waals surface area contributed by atoms with Crippen molar-refractivity contribution in [3.63, 3.8) is 0 Å². The minimum atomic E-state index is -1.06. The zero-order chi connectivity index (χ0) is 17.3. The summed E-state index contributed by atoms with van der Waals surface area (Å²) in [5, 5.41) is 32.1. The van der Waals surface area contributed by atoms with Gasteiger partial charge in [-0.3, -0.25) is 30.3 Å². The molecule has 0 atom stereocenters. The summed E-state index contributed by atoms with van der Waals surface area (Å²) in [4.78, 5) is 32.2. The molecule has 0 aromatic heterocycles. The summed E-state index contributed by atoms with van der Waals surface area (Å²) < 4.78 is 0. The molecule has 23 heavy (non-hydrogen) atoms. The molecule has 2 rings (SSSR count). The van der Waals surface area contributed by atoms with Crippen molar-refractivity contribution in [3.05, 3.63) is 40.4 Å². The predicted molar refractivity (Wildman–Crippen MR) is 82.5 cm³/mol. The van der Waals surface area contributed by atoms with E-state index in [9.17, 15) is 30.3 Å². The number of nitro groups is 3. The SMILES string of the molecule is O=[N+]([O-])c1c(Cl)c([N+](=O)[O-])c(N2CCCCC2)c([N+](=O)[O-])c1Cl. The van der Waals surface area contributed by atoms with Crippen molar-refractivity contribution in [3.8, 4) is 0 Å². The molecule has 124 valence electrons. The van der Waals surface area contributed by atoms with Crippen LogP contribution in [0.5, 0.6) is 0 Å². The molecule has 1 aliphatic heterocycles. The van der Waals surface area contributed by atoms with Crippen LogP contribution in [0, 0.1) is 30.3 Å². The number of benzene rings is 1. The summed E-state index contributed by atoms with van der Waals surface area (Å²) in [5.41, 5.74) is -3.14. The molecular weight excluding hydrogens is 355 g/mol. The largest absolute Gasteiger partial charge is 0.360 e. The van der Waals surface area contributed by atoms with Gasteiger partial charge in [-0.15, -0.1) is 0 Å². The Hall–Kier alpha value is -2.20. The second-order valence-electron chi connectivity index (χ2n) is 4.84. The van der Waals surface area contributed by atoms with Crippen molar-refractivity contribution in [1.29, 1.82) is 0 Å². The number of anilines is 1. The molecule has 0 bridgehead atoms. The van der Waals surface area contributed by atoms with Crippen LogP contribution in [-0.4, -0.2) is 27.9 Å². The third-order valence-electron chi connectivity index (χ3n) is 3.50. The molecule has 0 aliphatic carbocycles. The highest BCUT2D eigenvalue weighted by Crippen LogP contribution is 2.53. The van der Waals surface area contributed by atoms with Crippen molar-refractivity contribution in [2.24, 2.45) is 0 Å². The van der Waals surface area contributed by atoms with E-state index in [-0.39, 0.29) is 5.69 Å². The summed E-state index contributed by atoms with van der Waals surface area (Å²) in [6.45, 7) is 0.679. The van der Waals surface area contributed by atoms with E-state index in [1.807, 2.05) is 0 Å². The number of hydrogen-bond donors (Lipinski definition) is 0. The fraction of sp³-hybridized carbons (Fsp3) is 0.455. The maximum atomic E-state index is 11.4. The van der Waals surface area contributed by atoms with Gasteiger partial charge < -0.3 is 4.90 Å². The van der Waals surface area contributed by atoms with E-state index in [4.69, 9.17) is 23.2 Å². The first-order valence-corrected chi connectivity index (χ1v) is 7.26. The molecule has 1 fully saturated rings. The van der Waals surface area contributed by atoms with Crippen LogP contribution in [0.15, 0.2) is 0 Å². The monoisotopic (exact) mass is 364 g/mol. The third-order valence-corrected chi connectivity index (χ3v) is 4.22. The van der Waals surface area contributed by atoms with Crippen LogP contribution in [0.3, 0.4) is 0 Å². The van der Waals surface area contributed by atoms with Crippen molar-refractivity contribution in [1.82, 2.24) is 0 Å². The first kappa shape index (κ1) is 17.2. The van der Waals surface area contributed by atoms with Gasteiger partial charge in [-0.1, -0.05) is 23.2 Å². The molecule has 0 saturated carbocycles. The molecule has 0 spiro atoms. The quantitative estimate of drug-likeness (QED) is 0.586. The lowest BCUT2D eigenvalue weighted by Gasteiger charge is -2.28. The minimum absolute atomic E-state index is 0.339. The highest BCUT2D eigenvalue weighted by Gasteiger charge is 2.43. The number of halogens is 2. The molecule has 0 radical (unpaired) electrons. The molecule has 1 aromatic rings. The normalized spacial score (nSPS) is 14.6. The van der Waals surface area contributed by atoms with Crippen LogP contribution in [0.2, 0.25) is 10.0 Å². The Kier molecular flexibility index (Phi) is 4.85. The average Bonchev–Trinajstić information content (AvgIpc) is 2.46. The van der Waals surface area contributed by atoms with Gasteiger partial charge in [0.05, 0.1) is 14.8 Å². The summed E-state index contributed by atoms with van der Waals surface area (Å²) in [6, 6.07) is 0. The number of piperidine rings is 1. The van der Waals surface area contributed by atoms with E-state index < -0.39 is 41.9 Å². The molecule has 0 N–H and O–H groups in total. The first-order valence-electron chi connectivity index (χ1n) is 6.50. The first-order chi connectivity index (χ1) is 10.8. The van der Waals surface area contributed by atoms with Crippen molar-refractivity contribution in [2.45, 2.75) is 19.3 Å². The second kappa shape index (κ2) is 6.50. The zero-order valence-corrected chi connectivity index (χ0v) is 13.0. The minimum Gasteiger partial charge on any atom is -0.360 e. The summed E-state index contributed by atoms with van der Waals surface area (Å²) in [5.74, 6) is 0. The predicted octanol–water partition coefficient (Wildman–Crippen LogP) is 3.71. The van der Waals surface area contributed by atoms with Gasteiger partial charge in [0.2, 0.25) is 10.0 Å². The van der Waals surface area contributed by atoms with Gasteiger partial charge in [0.25, 0.3) is 0 Å². The zero-order valence-electron chi connectivity index (χ0n) is 11.5. The third kappa shape index (κ3) is 2.99. The summed E-state index contributed by atoms with van der Waals surface area (Å²) in [6.07, 6.45) is 2.24. The molecule has 1 saturated heterocycles. The maximum absolute atomic E-state index is 11.4. The molecule has 10 nitrogen and oxygen atoms in total.